The Bertz CT molecular complexity index is 1770. The van der Waals surface area contributed by atoms with Gasteiger partial charge in [-0.2, -0.15) is 5.10 Å². The Morgan fingerprint density at radius 1 is 1.00 bits per heavy atom. The van der Waals surface area contributed by atoms with Gasteiger partial charge in [0.1, 0.15) is 24.1 Å². The third-order valence-electron chi connectivity index (χ3n) is 10.2. The first-order valence-corrected chi connectivity index (χ1v) is 19.3. The van der Waals surface area contributed by atoms with E-state index in [1.165, 1.54) is 38.9 Å². The minimum Gasteiger partial charge on any atom is -0.493 e. The lowest BCUT2D eigenvalue weighted by molar-refractivity contribution is -0.140. The predicted molar refractivity (Wildman–Crippen MR) is 205 cm³/mol. The van der Waals surface area contributed by atoms with Gasteiger partial charge in [0.2, 0.25) is 0 Å². The minimum absolute atomic E-state index is 0.161. The highest BCUT2D eigenvalue weighted by Crippen LogP contribution is 2.38. The third-order valence-corrected chi connectivity index (χ3v) is 11.4. The molecule has 1 aromatic heterocycles. The van der Waals surface area contributed by atoms with Crippen LogP contribution in [0.2, 0.25) is 5.02 Å². The molecule has 0 saturated carbocycles. The Hall–Kier alpha value is -3.19. The number of unbranched alkanes of at least 4 members (excludes halogenated alkanes) is 1. The lowest BCUT2D eigenvalue weighted by Gasteiger charge is -2.29. The summed E-state index contributed by atoms with van der Waals surface area (Å²) >= 11 is 10.6. The third kappa shape index (κ3) is 9.63. The van der Waals surface area contributed by atoms with Crippen LogP contribution in [0.1, 0.15) is 49.7 Å². The van der Waals surface area contributed by atoms with Crippen molar-refractivity contribution in [2.24, 2.45) is 5.92 Å². The summed E-state index contributed by atoms with van der Waals surface area (Å²) < 4.78 is 15.8. The van der Waals surface area contributed by atoms with E-state index in [2.05, 4.69) is 67.0 Å². The SMILES string of the molecule is CN1CCC(COc2cc(OCc3cccc(-c4cccc5c4cnn5CCCCN4CCCC4)c3Br)c(Cl)cc2CNC(CO)C(=O)O)CC1. The highest BCUT2D eigenvalue weighted by molar-refractivity contribution is 9.10. The van der Waals surface area contributed by atoms with Crippen molar-refractivity contribution < 1.29 is 24.5 Å². The normalized spacial score (nSPS) is 16.5. The summed E-state index contributed by atoms with van der Waals surface area (Å²) in [6, 6.07) is 15.0. The molecule has 0 aliphatic carbocycles. The number of rotatable bonds is 17. The van der Waals surface area contributed by atoms with Crippen molar-refractivity contribution in [2.75, 3.05) is 53.0 Å². The quantitative estimate of drug-likeness (QED) is 0.0994. The van der Waals surface area contributed by atoms with Crippen LogP contribution < -0.4 is 14.8 Å². The van der Waals surface area contributed by atoms with Gasteiger partial charge < -0.3 is 29.5 Å². The molecule has 0 radical (unpaired) electrons. The first kappa shape index (κ1) is 37.6. The molecular weight excluding hydrogens is 734 g/mol. The number of aliphatic hydroxyl groups is 1. The Labute approximate surface area is 313 Å². The maximum absolute atomic E-state index is 11.5. The number of carboxylic acids is 1. The minimum atomic E-state index is -1.13. The van der Waals surface area contributed by atoms with Crippen molar-refractivity contribution in [3.63, 3.8) is 0 Å². The molecule has 2 aliphatic heterocycles. The van der Waals surface area contributed by atoms with Gasteiger partial charge in [-0.25, -0.2) is 0 Å². The number of aliphatic carboxylic acids is 1. The highest BCUT2D eigenvalue weighted by atomic mass is 79.9. The van der Waals surface area contributed by atoms with Crippen molar-refractivity contribution >= 4 is 44.4 Å². The summed E-state index contributed by atoms with van der Waals surface area (Å²) in [5.74, 6) is 0.344. The molecular formula is C39H49BrClN5O5. The van der Waals surface area contributed by atoms with Gasteiger partial charge >= 0.3 is 5.97 Å². The standard InChI is InChI=1S/C39H49BrClN5O5/c1-44-18-12-27(13-19-44)25-50-36-21-37(33(41)20-29(36)22-42-34(24-47)39(48)49)51-26-28-8-6-10-31(38(28)40)30-9-7-11-35-32(30)23-43-46(35)17-5-4-16-45-14-2-3-15-45/h6-11,20-21,23,27,34,42,47H,2-5,12-19,22,24-26H2,1H3,(H,48,49). The van der Waals surface area contributed by atoms with Crippen LogP contribution in [0.3, 0.4) is 0 Å². The van der Waals surface area contributed by atoms with Gasteiger partial charge in [-0.1, -0.05) is 41.9 Å². The van der Waals surface area contributed by atoms with E-state index in [0.717, 1.165) is 71.0 Å². The van der Waals surface area contributed by atoms with Crippen LogP contribution in [0.25, 0.3) is 22.0 Å². The van der Waals surface area contributed by atoms with Crippen LogP contribution in [-0.2, 0) is 24.5 Å². The van der Waals surface area contributed by atoms with E-state index in [4.69, 9.17) is 26.2 Å². The second kappa shape index (κ2) is 18.0. The van der Waals surface area contributed by atoms with Gasteiger partial charge in [0.05, 0.1) is 29.9 Å². The first-order valence-electron chi connectivity index (χ1n) is 18.1. The zero-order valence-corrected chi connectivity index (χ0v) is 31.7. The van der Waals surface area contributed by atoms with Crippen LogP contribution >= 0.6 is 27.5 Å². The average Bonchev–Trinajstić information content (AvgIpc) is 3.81. The molecule has 2 fully saturated rings. The fourth-order valence-electron chi connectivity index (χ4n) is 7.03. The maximum atomic E-state index is 11.5. The van der Waals surface area contributed by atoms with Gasteiger partial charge in [0.15, 0.2) is 0 Å². The average molecular weight is 783 g/mol. The van der Waals surface area contributed by atoms with E-state index in [1.54, 1.807) is 12.1 Å². The summed E-state index contributed by atoms with van der Waals surface area (Å²) in [5, 5.41) is 28.1. The van der Waals surface area contributed by atoms with Crippen LogP contribution in [0.15, 0.2) is 59.2 Å². The Kier molecular flexibility index (Phi) is 13.3. The molecule has 0 amide bonds. The summed E-state index contributed by atoms with van der Waals surface area (Å²) in [7, 11) is 2.13. The van der Waals surface area contributed by atoms with Crippen LogP contribution in [0, 0.1) is 5.92 Å². The zero-order chi connectivity index (χ0) is 35.7. The summed E-state index contributed by atoms with van der Waals surface area (Å²) in [6.07, 6.45) is 9.00. The monoisotopic (exact) mass is 781 g/mol. The van der Waals surface area contributed by atoms with Crippen molar-refractivity contribution in [3.8, 4) is 22.6 Å². The number of piperidine rings is 1. The highest BCUT2D eigenvalue weighted by Gasteiger charge is 2.21. The van der Waals surface area contributed by atoms with Crippen molar-refractivity contribution in [1.82, 2.24) is 24.9 Å². The summed E-state index contributed by atoms with van der Waals surface area (Å²) in [5.41, 5.74) is 4.95. The lowest BCUT2D eigenvalue weighted by atomic mass is 9.98. The Morgan fingerprint density at radius 3 is 2.51 bits per heavy atom. The largest absolute Gasteiger partial charge is 0.493 e. The van der Waals surface area contributed by atoms with Crippen LogP contribution in [0.4, 0.5) is 0 Å². The molecule has 3 aromatic carbocycles. The number of hydrogen-bond donors (Lipinski definition) is 3. The number of likely N-dealkylation sites (tertiary alicyclic amines) is 2. The molecule has 4 aromatic rings. The number of aryl methyl sites for hydroxylation is 1. The number of hydrogen-bond acceptors (Lipinski definition) is 8. The number of benzene rings is 3. The van der Waals surface area contributed by atoms with Gasteiger partial charge in [-0.05, 0) is 123 Å². The van der Waals surface area contributed by atoms with E-state index >= 15 is 0 Å². The smallest absolute Gasteiger partial charge is 0.323 e. The number of halogens is 2. The van der Waals surface area contributed by atoms with E-state index < -0.39 is 18.6 Å². The molecule has 51 heavy (non-hydrogen) atoms. The lowest BCUT2D eigenvalue weighted by Crippen LogP contribution is -2.39. The van der Waals surface area contributed by atoms with Crippen LogP contribution in [-0.4, -0.2) is 94.8 Å². The fraction of sp³-hybridized carbons (Fsp3) is 0.487. The molecule has 274 valence electrons. The molecule has 0 bridgehead atoms. The van der Waals surface area contributed by atoms with Gasteiger partial charge in [-0.3, -0.25) is 14.8 Å². The Balaban J connectivity index is 1.16. The van der Waals surface area contributed by atoms with Crippen LogP contribution in [0.5, 0.6) is 11.5 Å². The van der Waals surface area contributed by atoms with Gasteiger partial charge in [0.25, 0.3) is 0 Å². The Morgan fingerprint density at radius 2 is 1.75 bits per heavy atom. The molecule has 12 heteroatoms. The van der Waals surface area contributed by atoms with Crippen molar-refractivity contribution in [2.45, 2.75) is 64.3 Å². The molecule has 0 spiro atoms. The van der Waals surface area contributed by atoms with Gasteiger partial charge in [-0.15, -0.1) is 0 Å². The van der Waals surface area contributed by atoms with Crippen molar-refractivity contribution in [3.05, 3.63) is 75.4 Å². The van der Waals surface area contributed by atoms with Crippen molar-refractivity contribution in [1.29, 1.82) is 0 Å². The molecule has 3 N–H and O–H groups in total. The predicted octanol–water partition coefficient (Wildman–Crippen LogP) is 6.83. The number of nitrogens with one attached hydrogen (secondary N) is 1. The number of carbonyl (C=O) groups is 1. The number of ether oxygens (including phenoxy) is 2. The zero-order valence-electron chi connectivity index (χ0n) is 29.3. The number of fused-ring (bicyclic) bond motifs is 1. The van der Waals surface area contributed by atoms with E-state index in [1.807, 2.05) is 18.3 Å². The van der Waals surface area contributed by atoms with E-state index in [-0.39, 0.29) is 13.2 Å². The van der Waals surface area contributed by atoms with E-state index in [9.17, 15) is 15.0 Å². The molecule has 6 rings (SSSR count). The maximum Gasteiger partial charge on any atom is 0.323 e. The molecule has 2 saturated heterocycles. The fourth-order valence-corrected chi connectivity index (χ4v) is 7.87. The molecule has 1 unspecified atom stereocenters. The second-order valence-electron chi connectivity index (χ2n) is 13.8. The molecule has 1 atom stereocenters. The number of aromatic nitrogens is 2. The summed E-state index contributed by atoms with van der Waals surface area (Å²) in [4.78, 5) is 16.4. The topological polar surface area (TPSA) is 112 Å². The number of aliphatic hydroxyl groups excluding tert-OH is 1. The molecule has 10 nitrogen and oxygen atoms in total. The molecule has 3 heterocycles. The first-order chi connectivity index (χ1) is 24.8. The van der Waals surface area contributed by atoms with E-state index in [0.29, 0.717) is 34.6 Å². The summed E-state index contributed by atoms with van der Waals surface area (Å²) in [6.45, 7) is 7.03. The number of nitrogens with zero attached hydrogens (tertiary/aromatic N) is 4. The second-order valence-corrected chi connectivity index (χ2v) is 15.0. The number of carboxylic acid groups (broad SMARTS) is 1. The van der Waals surface area contributed by atoms with Gasteiger partial charge in [0, 0.05) is 40.1 Å². The molecule has 2 aliphatic rings.